The Hall–Kier alpha value is -1.84. The van der Waals surface area contributed by atoms with E-state index in [1.807, 2.05) is 20.8 Å². The highest BCUT2D eigenvalue weighted by molar-refractivity contribution is 5.96. The Kier molecular flexibility index (Phi) is 4.66. The Morgan fingerprint density at radius 3 is 2.33 bits per heavy atom. The van der Waals surface area contributed by atoms with Crippen molar-refractivity contribution >= 4 is 17.5 Å². The number of aryl methyl sites for hydroxylation is 3. The van der Waals surface area contributed by atoms with E-state index in [2.05, 4.69) is 17.4 Å². The maximum Gasteiger partial charge on any atom is 0.243 e. The molecule has 2 fully saturated rings. The van der Waals surface area contributed by atoms with Crippen molar-refractivity contribution in [1.82, 2.24) is 4.90 Å². The highest BCUT2D eigenvalue weighted by atomic mass is 16.2. The van der Waals surface area contributed by atoms with Crippen molar-refractivity contribution in [3.05, 3.63) is 28.8 Å². The molecule has 2 saturated carbocycles. The summed E-state index contributed by atoms with van der Waals surface area (Å²) in [5, 5.41) is 2.98. The van der Waals surface area contributed by atoms with Crippen molar-refractivity contribution in [3.8, 4) is 0 Å². The Morgan fingerprint density at radius 2 is 1.79 bits per heavy atom. The zero-order valence-electron chi connectivity index (χ0n) is 15.2. The number of carbonyl (C=O) groups is 2. The molecule has 0 aromatic heterocycles. The predicted molar refractivity (Wildman–Crippen MR) is 95.9 cm³/mol. The van der Waals surface area contributed by atoms with Crippen LogP contribution < -0.4 is 5.32 Å². The molecule has 2 bridgehead atoms. The number of nitrogens with zero attached hydrogens (tertiary/aromatic N) is 1. The molecule has 4 nitrogen and oxygen atoms in total. The maximum absolute atomic E-state index is 12.6. The van der Waals surface area contributed by atoms with Gasteiger partial charge in [0.25, 0.3) is 0 Å². The standard InChI is InChI=1S/C20H28N2O2/c1-12-7-13(2)19(14(3)8-12)21-18(23)11-22(4)20(24)17-10-15-5-6-16(17)9-15/h7-8,15-17H,5-6,9-11H2,1-4H3,(H,21,23). The number of hydrogen-bond donors (Lipinski definition) is 1. The molecule has 1 aromatic carbocycles. The van der Waals surface area contributed by atoms with Crippen molar-refractivity contribution in [3.63, 3.8) is 0 Å². The van der Waals surface area contributed by atoms with Crippen LogP contribution in [0.5, 0.6) is 0 Å². The van der Waals surface area contributed by atoms with Crippen molar-refractivity contribution in [2.75, 3.05) is 18.9 Å². The number of hydrogen-bond acceptors (Lipinski definition) is 2. The molecule has 1 N–H and O–H groups in total. The van der Waals surface area contributed by atoms with Crippen LogP contribution in [0.1, 0.15) is 42.4 Å². The molecule has 3 atom stereocenters. The number of anilines is 1. The van der Waals surface area contributed by atoms with Crippen LogP contribution in [0.3, 0.4) is 0 Å². The number of fused-ring (bicyclic) bond motifs is 2. The van der Waals surface area contributed by atoms with Gasteiger partial charge in [0.05, 0.1) is 6.54 Å². The first-order chi connectivity index (χ1) is 11.3. The third kappa shape index (κ3) is 3.33. The zero-order chi connectivity index (χ0) is 17.4. The van der Waals surface area contributed by atoms with E-state index in [1.54, 1.807) is 11.9 Å². The first-order valence-corrected chi connectivity index (χ1v) is 8.98. The van der Waals surface area contributed by atoms with Crippen LogP contribution in [0.2, 0.25) is 0 Å². The van der Waals surface area contributed by atoms with Gasteiger partial charge in [-0.1, -0.05) is 24.1 Å². The van der Waals surface area contributed by atoms with Crippen LogP contribution in [0.25, 0.3) is 0 Å². The minimum atomic E-state index is -0.121. The monoisotopic (exact) mass is 328 g/mol. The lowest BCUT2D eigenvalue weighted by Gasteiger charge is -2.26. The molecule has 0 heterocycles. The van der Waals surface area contributed by atoms with E-state index < -0.39 is 0 Å². The average Bonchev–Trinajstić information content (AvgIpc) is 3.12. The molecular formula is C20H28N2O2. The summed E-state index contributed by atoms with van der Waals surface area (Å²) < 4.78 is 0. The van der Waals surface area contributed by atoms with Gasteiger partial charge < -0.3 is 10.2 Å². The van der Waals surface area contributed by atoms with Crippen LogP contribution in [-0.2, 0) is 9.59 Å². The lowest BCUT2D eigenvalue weighted by molar-refractivity contribution is -0.138. The molecular weight excluding hydrogens is 300 g/mol. The topological polar surface area (TPSA) is 49.4 Å². The summed E-state index contributed by atoms with van der Waals surface area (Å²) in [4.78, 5) is 26.6. The highest BCUT2D eigenvalue weighted by Crippen LogP contribution is 2.48. The molecule has 2 amide bonds. The van der Waals surface area contributed by atoms with Crippen molar-refractivity contribution in [1.29, 1.82) is 0 Å². The number of rotatable bonds is 4. The second-order valence-corrected chi connectivity index (χ2v) is 7.80. The SMILES string of the molecule is Cc1cc(C)c(NC(=O)CN(C)C(=O)C2CC3CCC2C3)c(C)c1. The summed E-state index contributed by atoms with van der Waals surface area (Å²) >= 11 is 0. The molecule has 0 spiro atoms. The Labute approximate surface area is 144 Å². The van der Waals surface area contributed by atoms with Crippen LogP contribution in [0, 0.1) is 38.5 Å². The Balaban J connectivity index is 1.59. The summed E-state index contributed by atoms with van der Waals surface area (Å²) in [5.74, 6) is 1.46. The third-order valence-electron chi connectivity index (χ3n) is 5.75. The van der Waals surface area contributed by atoms with Gasteiger partial charge in [-0.25, -0.2) is 0 Å². The van der Waals surface area contributed by atoms with Gasteiger partial charge in [0.15, 0.2) is 0 Å². The van der Waals surface area contributed by atoms with E-state index in [0.29, 0.717) is 5.92 Å². The molecule has 4 heteroatoms. The average molecular weight is 328 g/mol. The van der Waals surface area contributed by atoms with Gasteiger partial charge in [0, 0.05) is 18.7 Å². The van der Waals surface area contributed by atoms with Gasteiger partial charge >= 0.3 is 0 Å². The minimum Gasteiger partial charge on any atom is -0.336 e. The van der Waals surface area contributed by atoms with Gasteiger partial charge in [0.1, 0.15) is 0 Å². The van der Waals surface area contributed by atoms with Gasteiger partial charge in [-0.15, -0.1) is 0 Å². The van der Waals surface area contributed by atoms with E-state index in [1.165, 1.54) is 24.8 Å². The van der Waals surface area contributed by atoms with Crippen molar-refractivity contribution in [2.45, 2.75) is 46.5 Å². The Morgan fingerprint density at radius 1 is 1.12 bits per heavy atom. The summed E-state index contributed by atoms with van der Waals surface area (Å²) in [5.41, 5.74) is 4.17. The zero-order valence-corrected chi connectivity index (χ0v) is 15.2. The van der Waals surface area contributed by atoms with E-state index >= 15 is 0 Å². The van der Waals surface area contributed by atoms with Crippen LogP contribution in [0.15, 0.2) is 12.1 Å². The van der Waals surface area contributed by atoms with E-state index in [9.17, 15) is 9.59 Å². The summed E-state index contributed by atoms with van der Waals surface area (Å²) in [7, 11) is 1.75. The van der Waals surface area contributed by atoms with Gasteiger partial charge in [0.2, 0.25) is 11.8 Å². The van der Waals surface area contributed by atoms with Crippen LogP contribution >= 0.6 is 0 Å². The minimum absolute atomic E-state index is 0.121. The fourth-order valence-electron chi connectivity index (χ4n) is 4.68. The van der Waals surface area contributed by atoms with E-state index in [0.717, 1.165) is 29.2 Å². The predicted octanol–water partition coefficient (Wildman–Crippen LogP) is 3.44. The molecule has 130 valence electrons. The summed E-state index contributed by atoms with van der Waals surface area (Å²) in [6.07, 6.45) is 4.69. The number of benzene rings is 1. The van der Waals surface area contributed by atoms with Gasteiger partial charge in [-0.3, -0.25) is 9.59 Å². The first kappa shape index (κ1) is 17.0. The largest absolute Gasteiger partial charge is 0.336 e. The second kappa shape index (κ2) is 6.58. The lowest BCUT2D eigenvalue weighted by atomic mass is 9.88. The molecule has 3 unspecified atom stereocenters. The molecule has 2 aliphatic rings. The molecule has 2 aliphatic carbocycles. The Bertz CT molecular complexity index is 645. The highest BCUT2D eigenvalue weighted by Gasteiger charge is 2.44. The number of nitrogens with one attached hydrogen (secondary N) is 1. The van der Waals surface area contributed by atoms with Gasteiger partial charge in [-0.05, 0) is 63.0 Å². The molecule has 1 aromatic rings. The smallest absolute Gasteiger partial charge is 0.243 e. The van der Waals surface area contributed by atoms with Crippen LogP contribution in [-0.4, -0.2) is 30.3 Å². The number of likely N-dealkylation sites (N-methyl/N-ethyl adjacent to an activating group) is 1. The fraction of sp³-hybridized carbons (Fsp3) is 0.600. The normalized spacial score (nSPS) is 24.9. The van der Waals surface area contributed by atoms with Crippen molar-refractivity contribution < 1.29 is 9.59 Å². The van der Waals surface area contributed by atoms with Crippen molar-refractivity contribution in [2.24, 2.45) is 17.8 Å². The molecule has 24 heavy (non-hydrogen) atoms. The molecule has 0 radical (unpaired) electrons. The van der Waals surface area contributed by atoms with E-state index in [4.69, 9.17) is 0 Å². The third-order valence-corrected chi connectivity index (χ3v) is 5.75. The lowest BCUT2D eigenvalue weighted by Crippen LogP contribution is -2.40. The summed E-state index contributed by atoms with van der Waals surface area (Å²) in [6.45, 7) is 6.17. The van der Waals surface area contributed by atoms with E-state index in [-0.39, 0.29) is 24.3 Å². The maximum atomic E-state index is 12.6. The number of carbonyl (C=O) groups excluding carboxylic acids is 2. The molecule has 0 saturated heterocycles. The fourth-order valence-corrected chi connectivity index (χ4v) is 4.68. The molecule has 0 aliphatic heterocycles. The summed E-state index contributed by atoms with van der Waals surface area (Å²) in [6, 6.07) is 4.12. The second-order valence-electron chi connectivity index (χ2n) is 7.80. The molecule has 3 rings (SSSR count). The quantitative estimate of drug-likeness (QED) is 0.920. The van der Waals surface area contributed by atoms with Crippen LogP contribution in [0.4, 0.5) is 5.69 Å². The number of amides is 2. The first-order valence-electron chi connectivity index (χ1n) is 8.98. The van der Waals surface area contributed by atoms with Gasteiger partial charge in [-0.2, -0.15) is 0 Å².